The lowest BCUT2D eigenvalue weighted by Crippen LogP contribution is -2.51. The fraction of sp³-hybridized carbons (Fsp3) is 1.00. The van der Waals surface area contributed by atoms with Gasteiger partial charge in [0.15, 0.2) is 0 Å². The predicted molar refractivity (Wildman–Crippen MR) is 67.2 cm³/mol. The second-order valence-electron chi connectivity index (χ2n) is 5.09. The molecule has 3 unspecified atom stereocenters. The third-order valence-corrected chi connectivity index (χ3v) is 3.88. The van der Waals surface area contributed by atoms with Gasteiger partial charge >= 0.3 is 0 Å². The highest BCUT2D eigenvalue weighted by molar-refractivity contribution is 4.84. The van der Waals surface area contributed by atoms with Crippen molar-refractivity contribution in [1.82, 2.24) is 10.2 Å². The van der Waals surface area contributed by atoms with Crippen LogP contribution in [0.3, 0.4) is 0 Å². The summed E-state index contributed by atoms with van der Waals surface area (Å²) in [4.78, 5) is 2.67. The summed E-state index contributed by atoms with van der Waals surface area (Å²) in [7, 11) is 2.10. The maximum absolute atomic E-state index is 3.46. The van der Waals surface area contributed by atoms with Crippen LogP contribution < -0.4 is 5.32 Å². The zero-order valence-electron chi connectivity index (χ0n) is 10.9. The van der Waals surface area contributed by atoms with Gasteiger partial charge in [-0.3, -0.25) is 4.90 Å². The molecular weight excluding hydrogens is 184 g/mol. The maximum Gasteiger partial charge on any atom is 0.0195 e. The van der Waals surface area contributed by atoms with Crippen LogP contribution in [0.5, 0.6) is 0 Å². The summed E-state index contributed by atoms with van der Waals surface area (Å²) in [5.74, 6) is 0.912. The van der Waals surface area contributed by atoms with Crippen LogP contribution in [0, 0.1) is 5.92 Å². The van der Waals surface area contributed by atoms with Gasteiger partial charge in [0.05, 0.1) is 0 Å². The van der Waals surface area contributed by atoms with Gasteiger partial charge in [0, 0.05) is 25.2 Å². The van der Waals surface area contributed by atoms with E-state index in [1.807, 2.05) is 0 Å². The minimum Gasteiger partial charge on any atom is -0.316 e. The molecule has 0 aromatic rings. The van der Waals surface area contributed by atoms with E-state index in [0.29, 0.717) is 6.04 Å². The van der Waals surface area contributed by atoms with Crippen molar-refractivity contribution in [3.63, 3.8) is 0 Å². The maximum atomic E-state index is 3.46. The molecule has 1 N–H and O–H groups in total. The Balaban J connectivity index is 2.50. The number of likely N-dealkylation sites (N-methyl/N-ethyl adjacent to an activating group) is 1. The van der Waals surface area contributed by atoms with Crippen LogP contribution in [0.1, 0.15) is 46.5 Å². The van der Waals surface area contributed by atoms with Crippen molar-refractivity contribution in [1.29, 1.82) is 0 Å². The van der Waals surface area contributed by atoms with Crippen LogP contribution in [-0.2, 0) is 0 Å². The summed E-state index contributed by atoms with van der Waals surface area (Å²) in [5.41, 5.74) is 0. The molecule has 1 heterocycles. The van der Waals surface area contributed by atoms with E-state index in [9.17, 15) is 0 Å². The first-order chi connectivity index (χ1) is 7.21. The first-order valence-electron chi connectivity index (χ1n) is 6.62. The number of rotatable bonds is 5. The van der Waals surface area contributed by atoms with Crippen molar-refractivity contribution in [2.24, 2.45) is 5.92 Å². The number of hydrogen-bond acceptors (Lipinski definition) is 2. The zero-order chi connectivity index (χ0) is 11.3. The fourth-order valence-corrected chi connectivity index (χ4v) is 2.69. The van der Waals surface area contributed by atoms with Crippen molar-refractivity contribution in [2.45, 2.75) is 58.5 Å². The third-order valence-electron chi connectivity index (χ3n) is 3.88. The van der Waals surface area contributed by atoms with Crippen LogP contribution in [0.15, 0.2) is 0 Å². The summed E-state index contributed by atoms with van der Waals surface area (Å²) >= 11 is 0. The largest absolute Gasteiger partial charge is 0.316 e. The first kappa shape index (κ1) is 13.0. The van der Waals surface area contributed by atoms with E-state index in [0.717, 1.165) is 12.0 Å². The second-order valence-corrected chi connectivity index (χ2v) is 5.09. The highest BCUT2D eigenvalue weighted by Gasteiger charge is 2.27. The highest BCUT2D eigenvalue weighted by atomic mass is 15.2. The minimum atomic E-state index is 0.712. The molecule has 2 heteroatoms. The molecular formula is C13H28N2. The van der Waals surface area contributed by atoms with E-state index in [1.54, 1.807) is 0 Å². The van der Waals surface area contributed by atoms with Crippen LogP contribution in [-0.4, -0.2) is 37.1 Å². The molecule has 0 aromatic carbocycles. The van der Waals surface area contributed by atoms with Gasteiger partial charge in [0.25, 0.3) is 0 Å². The molecule has 0 spiro atoms. The molecule has 0 aromatic heterocycles. The average Bonchev–Trinajstić information content (AvgIpc) is 2.28. The second kappa shape index (κ2) is 6.49. The van der Waals surface area contributed by atoms with E-state index in [-0.39, 0.29) is 0 Å². The molecule has 2 nitrogen and oxygen atoms in total. The summed E-state index contributed by atoms with van der Waals surface area (Å²) in [6.07, 6.45) is 5.37. The quantitative estimate of drug-likeness (QED) is 0.753. The summed E-state index contributed by atoms with van der Waals surface area (Å²) in [6, 6.07) is 1.46. The molecule has 0 aliphatic carbocycles. The number of nitrogens with one attached hydrogen (secondary N) is 1. The molecule has 15 heavy (non-hydrogen) atoms. The van der Waals surface area contributed by atoms with Gasteiger partial charge in [-0.1, -0.05) is 20.3 Å². The van der Waals surface area contributed by atoms with Gasteiger partial charge in [0.2, 0.25) is 0 Å². The van der Waals surface area contributed by atoms with Crippen LogP contribution >= 0.6 is 0 Å². The Morgan fingerprint density at radius 3 is 2.60 bits per heavy atom. The van der Waals surface area contributed by atoms with Gasteiger partial charge in [-0.2, -0.15) is 0 Å². The Labute approximate surface area is 95.4 Å². The van der Waals surface area contributed by atoms with E-state index >= 15 is 0 Å². The Morgan fingerprint density at radius 1 is 1.33 bits per heavy atom. The number of likely N-dealkylation sites (tertiary alicyclic amines) is 1. The van der Waals surface area contributed by atoms with Gasteiger partial charge < -0.3 is 5.32 Å². The lowest BCUT2D eigenvalue weighted by Gasteiger charge is -2.40. The SMILES string of the molecule is CCCC1CC(NC)CN(C(C)CC)C1. The molecule has 0 bridgehead atoms. The fourth-order valence-electron chi connectivity index (χ4n) is 2.69. The number of hydrogen-bond donors (Lipinski definition) is 1. The van der Waals surface area contributed by atoms with Gasteiger partial charge in [-0.05, 0) is 39.2 Å². The summed E-state index contributed by atoms with van der Waals surface area (Å²) in [5, 5.41) is 3.46. The molecule has 1 saturated heterocycles. The van der Waals surface area contributed by atoms with Crippen molar-refractivity contribution in [2.75, 3.05) is 20.1 Å². The van der Waals surface area contributed by atoms with E-state index in [1.165, 1.54) is 38.8 Å². The van der Waals surface area contributed by atoms with Crippen LogP contribution in [0.2, 0.25) is 0 Å². The minimum absolute atomic E-state index is 0.712. The molecule has 1 rings (SSSR count). The molecule has 0 amide bonds. The molecule has 0 radical (unpaired) electrons. The lowest BCUT2D eigenvalue weighted by molar-refractivity contribution is 0.101. The van der Waals surface area contributed by atoms with Gasteiger partial charge in [-0.15, -0.1) is 0 Å². The predicted octanol–water partition coefficient (Wildman–Crippen LogP) is 2.49. The highest BCUT2D eigenvalue weighted by Crippen LogP contribution is 2.23. The lowest BCUT2D eigenvalue weighted by atomic mass is 9.89. The molecule has 0 saturated carbocycles. The van der Waals surface area contributed by atoms with Gasteiger partial charge in [0.1, 0.15) is 0 Å². The number of piperidine rings is 1. The van der Waals surface area contributed by atoms with E-state index < -0.39 is 0 Å². The normalized spacial score (nSPS) is 30.4. The summed E-state index contributed by atoms with van der Waals surface area (Å²) in [6.45, 7) is 9.52. The van der Waals surface area contributed by atoms with Gasteiger partial charge in [-0.25, -0.2) is 0 Å². The molecule has 1 fully saturated rings. The monoisotopic (exact) mass is 212 g/mol. The Bertz CT molecular complexity index is 170. The molecule has 1 aliphatic rings. The van der Waals surface area contributed by atoms with Crippen LogP contribution in [0.4, 0.5) is 0 Å². The smallest absolute Gasteiger partial charge is 0.0195 e. The van der Waals surface area contributed by atoms with E-state index in [2.05, 4.69) is 38.0 Å². The van der Waals surface area contributed by atoms with Crippen LogP contribution in [0.25, 0.3) is 0 Å². The first-order valence-corrected chi connectivity index (χ1v) is 6.62. The third kappa shape index (κ3) is 3.76. The zero-order valence-corrected chi connectivity index (χ0v) is 10.9. The Kier molecular flexibility index (Phi) is 5.62. The number of nitrogens with zero attached hydrogens (tertiary/aromatic N) is 1. The molecule has 3 atom stereocenters. The van der Waals surface area contributed by atoms with E-state index in [4.69, 9.17) is 0 Å². The van der Waals surface area contributed by atoms with Crippen molar-refractivity contribution >= 4 is 0 Å². The molecule has 90 valence electrons. The summed E-state index contributed by atoms with van der Waals surface area (Å²) < 4.78 is 0. The van der Waals surface area contributed by atoms with Crippen molar-refractivity contribution in [3.8, 4) is 0 Å². The molecule has 1 aliphatic heterocycles. The van der Waals surface area contributed by atoms with Crippen molar-refractivity contribution in [3.05, 3.63) is 0 Å². The average molecular weight is 212 g/mol. The standard InChI is InChI=1S/C13H28N2/c1-5-7-12-8-13(14-4)10-15(9-12)11(3)6-2/h11-14H,5-10H2,1-4H3. The topological polar surface area (TPSA) is 15.3 Å². The Hall–Kier alpha value is -0.0800. The van der Waals surface area contributed by atoms with Crippen molar-refractivity contribution < 1.29 is 0 Å². The Morgan fingerprint density at radius 2 is 2.07 bits per heavy atom.